The van der Waals surface area contributed by atoms with E-state index in [-0.39, 0.29) is 0 Å². The maximum atomic E-state index is 11.2. The maximum Gasteiger partial charge on any atom is 0.337 e. The van der Waals surface area contributed by atoms with Crippen LogP contribution < -0.4 is 0 Å². The second-order valence-electron chi connectivity index (χ2n) is 3.62. The molecule has 3 rings (SSSR count). The van der Waals surface area contributed by atoms with Crippen LogP contribution >= 0.6 is 11.5 Å². The molecule has 0 spiro atoms. The van der Waals surface area contributed by atoms with Crippen LogP contribution in [0.25, 0.3) is 16.6 Å². The third kappa shape index (κ3) is 1.52. The van der Waals surface area contributed by atoms with Crippen LogP contribution in [0.3, 0.4) is 0 Å². The smallest absolute Gasteiger partial charge is 0.337 e. The first-order chi connectivity index (χ1) is 8.27. The van der Waals surface area contributed by atoms with E-state index in [2.05, 4.69) is 4.37 Å². The molecule has 0 atom stereocenters. The van der Waals surface area contributed by atoms with E-state index < -0.39 is 5.97 Å². The lowest BCUT2D eigenvalue weighted by atomic mass is 10.2. The summed E-state index contributed by atoms with van der Waals surface area (Å²) in [6, 6.07) is 7.45. The van der Waals surface area contributed by atoms with E-state index in [1.807, 2.05) is 34.2 Å². The lowest BCUT2D eigenvalue weighted by Crippen LogP contribution is -1.94. The summed E-state index contributed by atoms with van der Waals surface area (Å²) in [6.07, 6.45) is 3.36. The molecule has 0 amide bonds. The molecule has 0 aliphatic carbocycles. The van der Waals surface area contributed by atoms with Crippen molar-refractivity contribution in [2.45, 2.75) is 0 Å². The third-order valence-electron chi connectivity index (χ3n) is 2.64. The van der Waals surface area contributed by atoms with Gasteiger partial charge in [0.25, 0.3) is 0 Å². The number of para-hydroxylation sites is 1. The SMILES string of the molecule is O=C(O)c1cn(-c2cnsc2)c2ccccc12. The molecule has 17 heavy (non-hydrogen) atoms. The second kappa shape index (κ2) is 3.71. The molecule has 1 aromatic carbocycles. The summed E-state index contributed by atoms with van der Waals surface area (Å²) in [5.41, 5.74) is 2.08. The molecule has 0 bridgehead atoms. The molecule has 2 heterocycles. The van der Waals surface area contributed by atoms with Crippen LogP contribution in [0, 0.1) is 0 Å². The zero-order valence-corrected chi connectivity index (χ0v) is 9.52. The summed E-state index contributed by atoms with van der Waals surface area (Å²) in [6.45, 7) is 0. The van der Waals surface area contributed by atoms with Crippen LogP contribution in [0.1, 0.15) is 10.4 Å². The molecule has 0 unspecified atom stereocenters. The molecular formula is C12H8N2O2S. The van der Waals surface area contributed by atoms with Crippen LogP contribution in [0.2, 0.25) is 0 Å². The highest BCUT2D eigenvalue weighted by atomic mass is 32.1. The first-order valence-corrected chi connectivity index (χ1v) is 5.84. The number of carboxylic acid groups (broad SMARTS) is 1. The van der Waals surface area contributed by atoms with Gasteiger partial charge in [-0.2, -0.15) is 4.37 Å². The van der Waals surface area contributed by atoms with Crippen molar-refractivity contribution in [2.24, 2.45) is 0 Å². The minimum Gasteiger partial charge on any atom is -0.478 e. The van der Waals surface area contributed by atoms with Crippen LogP contribution in [-0.2, 0) is 0 Å². The maximum absolute atomic E-state index is 11.2. The van der Waals surface area contributed by atoms with Gasteiger partial charge in [0.2, 0.25) is 0 Å². The molecule has 0 saturated carbocycles. The highest BCUT2D eigenvalue weighted by Crippen LogP contribution is 2.25. The summed E-state index contributed by atoms with van der Waals surface area (Å²) in [5, 5.41) is 11.8. The molecular weight excluding hydrogens is 236 g/mol. The van der Waals surface area contributed by atoms with Crippen LogP contribution in [0.4, 0.5) is 0 Å². The number of carboxylic acids is 1. The fourth-order valence-electron chi connectivity index (χ4n) is 1.88. The Morgan fingerprint density at radius 2 is 2.18 bits per heavy atom. The zero-order valence-electron chi connectivity index (χ0n) is 8.70. The van der Waals surface area contributed by atoms with Crippen LogP contribution in [0.5, 0.6) is 0 Å². The number of rotatable bonds is 2. The van der Waals surface area contributed by atoms with E-state index in [0.29, 0.717) is 5.56 Å². The Kier molecular flexibility index (Phi) is 2.19. The van der Waals surface area contributed by atoms with E-state index in [4.69, 9.17) is 5.11 Å². The average molecular weight is 244 g/mol. The van der Waals surface area contributed by atoms with Crippen molar-refractivity contribution in [3.63, 3.8) is 0 Å². The molecule has 0 aliphatic rings. The topological polar surface area (TPSA) is 55.1 Å². The van der Waals surface area contributed by atoms with Gasteiger partial charge in [-0.3, -0.25) is 0 Å². The van der Waals surface area contributed by atoms with E-state index >= 15 is 0 Å². The Balaban J connectivity index is 2.37. The lowest BCUT2D eigenvalue weighted by Gasteiger charge is -1.99. The van der Waals surface area contributed by atoms with Gasteiger partial charge in [-0.1, -0.05) is 18.2 Å². The van der Waals surface area contributed by atoms with Crippen molar-refractivity contribution in [1.82, 2.24) is 8.94 Å². The van der Waals surface area contributed by atoms with Crippen molar-refractivity contribution in [1.29, 1.82) is 0 Å². The monoisotopic (exact) mass is 244 g/mol. The molecule has 0 saturated heterocycles. The van der Waals surface area contributed by atoms with Gasteiger partial charge >= 0.3 is 5.97 Å². The van der Waals surface area contributed by atoms with Gasteiger partial charge in [0.1, 0.15) is 0 Å². The molecule has 0 aliphatic heterocycles. The average Bonchev–Trinajstić information content (AvgIpc) is 2.95. The van der Waals surface area contributed by atoms with Crippen LogP contribution in [-0.4, -0.2) is 20.0 Å². The third-order valence-corrected chi connectivity index (χ3v) is 3.21. The Labute approximate surface area is 101 Å². The number of aromatic carboxylic acids is 1. The predicted molar refractivity (Wildman–Crippen MR) is 65.9 cm³/mol. The van der Waals surface area contributed by atoms with Crippen LogP contribution in [0.15, 0.2) is 42.0 Å². The normalized spacial score (nSPS) is 10.8. The highest BCUT2D eigenvalue weighted by Gasteiger charge is 2.14. The van der Waals surface area contributed by atoms with Gasteiger partial charge in [0, 0.05) is 17.0 Å². The highest BCUT2D eigenvalue weighted by molar-refractivity contribution is 7.03. The largest absolute Gasteiger partial charge is 0.478 e. The Hall–Kier alpha value is -2.14. The fraction of sp³-hybridized carbons (Fsp3) is 0. The number of fused-ring (bicyclic) bond motifs is 1. The molecule has 4 nitrogen and oxygen atoms in total. The number of carbonyl (C=O) groups is 1. The van der Waals surface area contributed by atoms with Crippen molar-refractivity contribution in [3.8, 4) is 5.69 Å². The Morgan fingerprint density at radius 3 is 2.88 bits per heavy atom. The lowest BCUT2D eigenvalue weighted by molar-refractivity contribution is 0.0699. The van der Waals surface area contributed by atoms with Gasteiger partial charge in [-0.15, -0.1) is 0 Å². The summed E-state index contributed by atoms with van der Waals surface area (Å²) in [5.74, 6) is -0.914. The van der Waals surface area contributed by atoms with Gasteiger partial charge in [-0.05, 0) is 17.6 Å². The molecule has 2 aromatic heterocycles. The number of hydrogen-bond acceptors (Lipinski definition) is 3. The first-order valence-electron chi connectivity index (χ1n) is 5.00. The van der Waals surface area contributed by atoms with E-state index in [1.165, 1.54) is 11.5 Å². The van der Waals surface area contributed by atoms with Gasteiger partial charge in [0.15, 0.2) is 0 Å². The number of aromatic nitrogens is 2. The van der Waals surface area contributed by atoms with E-state index in [1.54, 1.807) is 12.4 Å². The van der Waals surface area contributed by atoms with Crippen molar-refractivity contribution in [2.75, 3.05) is 0 Å². The van der Waals surface area contributed by atoms with Gasteiger partial charge in [-0.25, -0.2) is 4.79 Å². The standard InChI is InChI=1S/C12H8N2O2S/c15-12(16)10-6-14(8-5-13-17-7-8)11-4-2-1-3-9(10)11/h1-7H,(H,15,16). The molecule has 5 heteroatoms. The minimum atomic E-state index is -0.914. The first kappa shape index (κ1) is 10.0. The number of hydrogen-bond donors (Lipinski definition) is 1. The second-order valence-corrected chi connectivity index (χ2v) is 4.28. The molecule has 3 aromatic rings. The van der Waals surface area contributed by atoms with Gasteiger partial charge < -0.3 is 9.67 Å². The zero-order chi connectivity index (χ0) is 11.8. The number of benzene rings is 1. The van der Waals surface area contributed by atoms with E-state index in [0.717, 1.165) is 16.6 Å². The molecule has 84 valence electrons. The molecule has 0 fully saturated rings. The van der Waals surface area contributed by atoms with Gasteiger partial charge in [0.05, 0.1) is 23.0 Å². The number of nitrogens with zero attached hydrogens (tertiary/aromatic N) is 2. The Bertz CT molecular complexity index is 686. The van der Waals surface area contributed by atoms with Crippen molar-refractivity contribution < 1.29 is 9.90 Å². The summed E-state index contributed by atoms with van der Waals surface area (Å²) in [7, 11) is 0. The van der Waals surface area contributed by atoms with Crippen molar-refractivity contribution >= 4 is 28.4 Å². The Morgan fingerprint density at radius 1 is 1.35 bits per heavy atom. The fourth-order valence-corrected chi connectivity index (χ4v) is 2.39. The summed E-state index contributed by atoms with van der Waals surface area (Å²) in [4.78, 5) is 11.2. The predicted octanol–water partition coefficient (Wildman–Crippen LogP) is 2.79. The molecule has 0 radical (unpaired) electrons. The quantitative estimate of drug-likeness (QED) is 0.754. The summed E-state index contributed by atoms with van der Waals surface area (Å²) < 4.78 is 5.88. The minimum absolute atomic E-state index is 0.312. The molecule has 1 N–H and O–H groups in total. The summed E-state index contributed by atoms with van der Waals surface area (Å²) >= 11 is 1.34. The van der Waals surface area contributed by atoms with E-state index in [9.17, 15) is 4.79 Å². The van der Waals surface area contributed by atoms with Crippen molar-refractivity contribution in [3.05, 3.63) is 47.6 Å².